The molecule has 1 fully saturated rings. The topological polar surface area (TPSA) is 42.0 Å². The van der Waals surface area contributed by atoms with Crippen molar-refractivity contribution < 1.29 is 14.3 Å². The van der Waals surface area contributed by atoms with Crippen molar-refractivity contribution in [2.75, 3.05) is 42.6 Å². The lowest BCUT2D eigenvalue weighted by molar-refractivity contribution is 0.0211. The summed E-state index contributed by atoms with van der Waals surface area (Å²) in [5.41, 5.74) is 6.54. The zero-order valence-corrected chi connectivity index (χ0v) is 22.5. The number of carbonyl (C=O) groups is 1. The monoisotopic (exact) mass is 496 g/mol. The van der Waals surface area contributed by atoms with Gasteiger partial charge in [-0.1, -0.05) is 24.3 Å². The number of anilines is 2. The van der Waals surface area contributed by atoms with Crippen LogP contribution in [0.15, 0.2) is 60.7 Å². The third kappa shape index (κ3) is 2.88. The molecule has 3 aromatic rings. The van der Waals surface area contributed by atoms with E-state index in [1.807, 2.05) is 19.1 Å². The van der Waals surface area contributed by atoms with Crippen molar-refractivity contribution in [1.82, 2.24) is 0 Å². The van der Waals surface area contributed by atoms with E-state index in [9.17, 15) is 4.79 Å². The quantitative estimate of drug-likeness (QED) is 0.311. The van der Waals surface area contributed by atoms with Crippen molar-refractivity contribution in [3.63, 3.8) is 0 Å². The van der Waals surface area contributed by atoms with E-state index in [4.69, 9.17) is 9.47 Å². The Morgan fingerprint density at radius 2 is 1.27 bits per heavy atom. The molecule has 0 saturated heterocycles. The molecule has 37 heavy (non-hydrogen) atoms. The standard InChI is InChI=1S/C32H36N2O3/c1-6-33(7-2)23-15-11-21(12-16-23)31(22-13-17-24(18-14-22)34(8-3)9-4)29-27-26(36-10-5)20-19-25-28(27)32(29,31)37-30(25)35/h11-20,29H,6-10H2,1-5H3. The first-order valence-corrected chi connectivity index (χ1v) is 13.8. The van der Waals surface area contributed by atoms with Gasteiger partial charge >= 0.3 is 5.97 Å². The fourth-order valence-corrected chi connectivity index (χ4v) is 7.24. The first-order valence-electron chi connectivity index (χ1n) is 13.8. The molecule has 1 saturated carbocycles. The summed E-state index contributed by atoms with van der Waals surface area (Å²) in [5, 5.41) is 0. The summed E-state index contributed by atoms with van der Waals surface area (Å²) >= 11 is 0. The number of hydrogen-bond donors (Lipinski definition) is 0. The minimum absolute atomic E-state index is 0.0431. The average Bonchev–Trinajstić information content (AvgIpc) is 3.30. The van der Waals surface area contributed by atoms with Gasteiger partial charge in [0.25, 0.3) is 0 Å². The predicted molar refractivity (Wildman–Crippen MR) is 148 cm³/mol. The Morgan fingerprint density at radius 3 is 1.73 bits per heavy atom. The molecule has 0 aromatic heterocycles. The van der Waals surface area contributed by atoms with Gasteiger partial charge in [-0.15, -0.1) is 0 Å². The number of carbonyl (C=O) groups excluding carboxylic acids is 1. The normalized spacial score (nSPS) is 21.4. The Bertz CT molecular complexity index is 1280. The van der Waals surface area contributed by atoms with Crippen molar-refractivity contribution in [3.05, 3.63) is 88.5 Å². The molecule has 3 aromatic carbocycles. The Balaban J connectivity index is 1.53. The molecule has 2 unspecified atom stereocenters. The van der Waals surface area contributed by atoms with Gasteiger partial charge in [0.1, 0.15) is 5.75 Å². The van der Waals surface area contributed by atoms with E-state index >= 15 is 0 Å². The molecule has 5 heteroatoms. The van der Waals surface area contributed by atoms with Gasteiger partial charge in [-0.05, 0) is 82.1 Å². The van der Waals surface area contributed by atoms with E-state index in [2.05, 4.69) is 86.0 Å². The SMILES string of the molecule is CCOc1ccc2c3c1C1C3(OC2=O)C1(c1ccc(N(CC)CC)cc1)c1ccc(N(CC)CC)cc1. The van der Waals surface area contributed by atoms with Gasteiger partial charge in [0.2, 0.25) is 0 Å². The minimum Gasteiger partial charge on any atom is -0.494 e. The summed E-state index contributed by atoms with van der Waals surface area (Å²) < 4.78 is 12.4. The van der Waals surface area contributed by atoms with Crippen molar-refractivity contribution in [2.24, 2.45) is 0 Å². The molecule has 0 bridgehead atoms. The molecule has 2 aliphatic carbocycles. The van der Waals surface area contributed by atoms with E-state index < -0.39 is 11.0 Å². The second-order valence-corrected chi connectivity index (χ2v) is 10.1. The molecule has 5 nitrogen and oxygen atoms in total. The molecule has 3 aliphatic rings. The van der Waals surface area contributed by atoms with E-state index in [0.29, 0.717) is 12.2 Å². The molecule has 6 rings (SSSR count). The van der Waals surface area contributed by atoms with Crippen molar-refractivity contribution in [1.29, 1.82) is 0 Å². The van der Waals surface area contributed by atoms with Crippen LogP contribution in [0.2, 0.25) is 0 Å². The van der Waals surface area contributed by atoms with E-state index in [0.717, 1.165) is 43.1 Å². The summed E-state index contributed by atoms with van der Waals surface area (Å²) in [6, 6.07) is 21.7. The zero-order chi connectivity index (χ0) is 25.9. The van der Waals surface area contributed by atoms with Crippen molar-refractivity contribution in [3.8, 4) is 5.75 Å². The highest BCUT2D eigenvalue weighted by Crippen LogP contribution is 2.88. The molecule has 2 atom stereocenters. The average molecular weight is 497 g/mol. The zero-order valence-electron chi connectivity index (χ0n) is 22.5. The van der Waals surface area contributed by atoms with Crippen LogP contribution >= 0.6 is 0 Å². The van der Waals surface area contributed by atoms with Crippen LogP contribution < -0.4 is 14.5 Å². The third-order valence-electron chi connectivity index (χ3n) is 8.88. The summed E-state index contributed by atoms with van der Waals surface area (Å²) in [6.07, 6.45) is 0. The molecular formula is C32H36N2O3. The van der Waals surface area contributed by atoms with Gasteiger partial charge < -0.3 is 19.3 Å². The van der Waals surface area contributed by atoms with Gasteiger partial charge in [-0.2, -0.15) is 0 Å². The van der Waals surface area contributed by atoms with Crippen molar-refractivity contribution in [2.45, 2.75) is 51.6 Å². The maximum absolute atomic E-state index is 13.1. The highest BCUT2D eigenvalue weighted by atomic mass is 16.6. The van der Waals surface area contributed by atoms with Gasteiger partial charge in [0.15, 0.2) is 5.60 Å². The largest absolute Gasteiger partial charge is 0.494 e. The highest BCUT2D eigenvalue weighted by molar-refractivity contribution is 6.02. The number of fused-ring (bicyclic) bond motifs is 1. The summed E-state index contributed by atoms with van der Waals surface area (Å²) in [6.45, 7) is 15.2. The van der Waals surface area contributed by atoms with Crippen LogP contribution in [0.3, 0.4) is 0 Å². The van der Waals surface area contributed by atoms with E-state index in [-0.39, 0.29) is 11.9 Å². The van der Waals surface area contributed by atoms with Crippen LogP contribution in [0.4, 0.5) is 11.4 Å². The lowest BCUT2D eigenvalue weighted by atomic mass is 9.82. The van der Waals surface area contributed by atoms with Gasteiger partial charge in [0, 0.05) is 48.7 Å². The predicted octanol–water partition coefficient (Wildman–Crippen LogP) is 6.24. The highest BCUT2D eigenvalue weighted by Gasteiger charge is 2.91. The van der Waals surface area contributed by atoms with Crippen LogP contribution in [-0.4, -0.2) is 38.8 Å². The van der Waals surface area contributed by atoms with Gasteiger partial charge in [0.05, 0.1) is 23.5 Å². The summed E-state index contributed by atoms with van der Waals surface area (Å²) in [7, 11) is 0. The fraction of sp³-hybridized carbons (Fsp3) is 0.406. The van der Waals surface area contributed by atoms with Crippen LogP contribution in [0.5, 0.6) is 5.75 Å². The molecule has 0 N–H and O–H groups in total. The molecule has 1 heterocycles. The van der Waals surface area contributed by atoms with Crippen LogP contribution in [0, 0.1) is 0 Å². The van der Waals surface area contributed by atoms with Crippen LogP contribution in [-0.2, 0) is 15.8 Å². The molecule has 0 amide bonds. The molecule has 0 radical (unpaired) electrons. The number of hydrogen-bond acceptors (Lipinski definition) is 5. The lowest BCUT2D eigenvalue weighted by Gasteiger charge is -2.27. The molecule has 1 spiro atoms. The second kappa shape index (κ2) is 8.54. The van der Waals surface area contributed by atoms with Crippen LogP contribution in [0.1, 0.15) is 73.1 Å². The second-order valence-electron chi connectivity index (χ2n) is 10.1. The lowest BCUT2D eigenvalue weighted by Crippen LogP contribution is -2.26. The van der Waals surface area contributed by atoms with Crippen molar-refractivity contribution >= 4 is 17.3 Å². The molecular weight excluding hydrogens is 460 g/mol. The Labute approximate surface area is 220 Å². The number of benzene rings is 3. The Kier molecular flexibility index (Phi) is 5.52. The maximum atomic E-state index is 13.1. The smallest absolute Gasteiger partial charge is 0.339 e. The van der Waals surface area contributed by atoms with Crippen LogP contribution in [0.25, 0.3) is 0 Å². The van der Waals surface area contributed by atoms with E-state index in [1.54, 1.807) is 0 Å². The fourth-order valence-electron chi connectivity index (χ4n) is 7.24. The molecule has 192 valence electrons. The summed E-state index contributed by atoms with van der Waals surface area (Å²) in [5.74, 6) is 0.700. The Morgan fingerprint density at radius 1 is 0.757 bits per heavy atom. The number of nitrogens with zero attached hydrogens (tertiary/aromatic N) is 2. The minimum atomic E-state index is -0.657. The number of rotatable bonds is 10. The maximum Gasteiger partial charge on any atom is 0.339 e. The summed E-state index contributed by atoms with van der Waals surface area (Å²) in [4.78, 5) is 17.8. The third-order valence-corrected chi connectivity index (χ3v) is 8.88. The first kappa shape index (κ1) is 23.9. The number of esters is 1. The number of ether oxygens (including phenoxy) is 2. The first-order chi connectivity index (χ1) is 18.0. The van der Waals surface area contributed by atoms with Gasteiger partial charge in [-0.3, -0.25) is 0 Å². The van der Waals surface area contributed by atoms with Gasteiger partial charge in [-0.25, -0.2) is 4.79 Å². The Hall–Kier alpha value is -3.47. The van der Waals surface area contributed by atoms with E-state index in [1.165, 1.54) is 22.5 Å². The molecule has 1 aliphatic heterocycles.